The average molecular weight is 658 g/mol. The van der Waals surface area contributed by atoms with Crippen molar-refractivity contribution < 1.29 is 59.3 Å². The minimum atomic E-state index is -5.08. The third-order valence-corrected chi connectivity index (χ3v) is 9.01. The van der Waals surface area contributed by atoms with E-state index >= 15 is 0 Å². The number of aryl methyl sites for hydroxylation is 1. The molecule has 2 N–H and O–H groups in total. The highest BCUT2D eigenvalue weighted by atomic mass is 32.2. The Kier molecular flexibility index (Phi) is 12.7. The van der Waals surface area contributed by atoms with Gasteiger partial charge < -0.3 is 14.9 Å². The van der Waals surface area contributed by atoms with E-state index in [4.69, 9.17) is 24.5 Å². The Morgan fingerprint density at radius 1 is 1.02 bits per heavy atom. The predicted molar refractivity (Wildman–Crippen MR) is 144 cm³/mol. The lowest BCUT2D eigenvalue weighted by Crippen LogP contribution is -2.43. The molecule has 2 saturated heterocycles. The Morgan fingerprint density at radius 3 is 2.05 bits per heavy atom. The normalized spacial score (nSPS) is 18.6. The number of ether oxygens (including phenoxy) is 1. The molecule has 1 unspecified atom stereocenters. The van der Waals surface area contributed by atoms with Gasteiger partial charge in [0.2, 0.25) is 10.0 Å². The third-order valence-electron chi connectivity index (χ3n) is 6.96. The number of carboxylic acid groups (broad SMARTS) is 2. The number of rotatable bonds is 6. The van der Waals surface area contributed by atoms with E-state index in [1.807, 2.05) is 31.3 Å². The molecule has 4 rings (SSSR count). The number of halogens is 6. The summed E-state index contributed by atoms with van der Waals surface area (Å²) in [5.74, 6) is -5.51. The lowest BCUT2D eigenvalue weighted by Gasteiger charge is -2.38. The monoisotopic (exact) mass is 657 g/mol. The lowest BCUT2D eigenvalue weighted by molar-refractivity contribution is -0.193. The summed E-state index contributed by atoms with van der Waals surface area (Å²) in [6, 6.07) is 11.3. The highest BCUT2D eigenvalue weighted by molar-refractivity contribution is 7.89. The number of sulfonamides is 1. The summed E-state index contributed by atoms with van der Waals surface area (Å²) < 4.78 is 97.4. The summed E-state index contributed by atoms with van der Waals surface area (Å²) in [7, 11) is -1.32. The van der Waals surface area contributed by atoms with Gasteiger partial charge in [0.25, 0.3) is 0 Å². The maximum atomic E-state index is 13.1. The summed E-state index contributed by atoms with van der Waals surface area (Å²) >= 11 is 0. The minimum Gasteiger partial charge on any atom is -0.475 e. The number of carbonyl (C=O) groups is 2. The van der Waals surface area contributed by atoms with Crippen LogP contribution in [0, 0.1) is 12.3 Å². The fourth-order valence-corrected chi connectivity index (χ4v) is 6.43. The summed E-state index contributed by atoms with van der Waals surface area (Å²) in [5.41, 5.74) is 2.11. The zero-order valence-corrected chi connectivity index (χ0v) is 24.6. The molecule has 3 heterocycles. The molecule has 1 aromatic heterocycles. The van der Waals surface area contributed by atoms with Crippen molar-refractivity contribution in [3.05, 3.63) is 59.9 Å². The van der Waals surface area contributed by atoms with E-state index in [1.54, 1.807) is 22.6 Å². The molecule has 2 aromatic rings. The third kappa shape index (κ3) is 11.0. The van der Waals surface area contributed by atoms with E-state index in [1.165, 1.54) is 5.56 Å². The van der Waals surface area contributed by atoms with E-state index in [0.717, 1.165) is 44.5 Å². The first-order valence-electron chi connectivity index (χ1n) is 13.1. The molecule has 10 nitrogen and oxygen atoms in total. The number of likely N-dealkylation sites (N-methyl/N-ethyl adjacent to an activating group) is 1. The van der Waals surface area contributed by atoms with Gasteiger partial charge in [-0.15, -0.1) is 0 Å². The number of hydrogen-bond acceptors (Lipinski definition) is 7. The van der Waals surface area contributed by atoms with Gasteiger partial charge in [0.05, 0.1) is 17.6 Å². The SMILES string of the molecule is Cc1ccccc1S(=O)(=O)N1CCC2(CC1)COC(CN(C)Cc1cccnc1)C2.O=C(O)C(F)(F)F.O=C(O)C(F)(F)F. The zero-order valence-electron chi connectivity index (χ0n) is 23.8. The van der Waals surface area contributed by atoms with Crippen molar-refractivity contribution in [1.82, 2.24) is 14.2 Å². The maximum absolute atomic E-state index is 13.1. The number of pyridine rings is 1. The van der Waals surface area contributed by atoms with Crippen LogP contribution in [0.1, 0.15) is 30.4 Å². The van der Waals surface area contributed by atoms with Crippen LogP contribution in [0.25, 0.3) is 0 Å². The molecule has 0 aliphatic carbocycles. The summed E-state index contributed by atoms with van der Waals surface area (Å²) in [5, 5.41) is 14.2. The smallest absolute Gasteiger partial charge is 0.475 e. The summed E-state index contributed by atoms with van der Waals surface area (Å²) in [4.78, 5) is 24.7. The van der Waals surface area contributed by atoms with Crippen molar-refractivity contribution >= 4 is 22.0 Å². The number of carboxylic acids is 2. The molecule has 0 saturated carbocycles. The quantitative estimate of drug-likeness (QED) is 0.435. The Balaban J connectivity index is 0.000000402. The number of alkyl halides is 6. The van der Waals surface area contributed by atoms with Crippen molar-refractivity contribution in [2.24, 2.45) is 5.41 Å². The van der Waals surface area contributed by atoms with Gasteiger partial charge in [-0.05, 0) is 61.9 Å². The number of benzene rings is 1. The highest BCUT2D eigenvalue weighted by Gasteiger charge is 2.44. The fourth-order valence-electron chi connectivity index (χ4n) is 4.76. The first kappa shape index (κ1) is 36.9. The van der Waals surface area contributed by atoms with Gasteiger partial charge >= 0.3 is 24.3 Å². The maximum Gasteiger partial charge on any atom is 0.490 e. The molecule has 0 bridgehead atoms. The van der Waals surface area contributed by atoms with Crippen LogP contribution in [-0.4, -0.2) is 96.5 Å². The number of hydrogen-bond donors (Lipinski definition) is 2. The van der Waals surface area contributed by atoms with Gasteiger partial charge in [0.15, 0.2) is 0 Å². The van der Waals surface area contributed by atoms with Gasteiger partial charge in [0, 0.05) is 38.6 Å². The van der Waals surface area contributed by atoms with Crippen LogP contribution in [0.5, 0.6) is 0 Å². The van der Waals surface area contributed by atoms with Crippen LogP contribution < -0.4 is 0 Å². The van der Waals surface area contributed by atoms with Crippen molar-refractivity contribution in [1.29, 1.82) is 0 Å². The Labute approximate surface area is 250 Å². The van der Waals surface area contributed by atoms with Gasteiger partial charge in [-0.1, -0.05) is 24.3 Å². The molecular weight excluding hydrogens is 624 g/mol. The average Bonchev–Trinajstić information content (AvgIpc) is 3.30. The second-order valence-corrected chi connectivity index (χ2v) is 12.4. The van der Waals surface area contributed by atoms with Crippen LogP contribution >= 0.6 is 0 Å². The van der Waals surface area contributed by atoms with Crippen molar-refractivity contribution in [2.45, 2.75) is 56.1 Å². The summed E-state index contributed by atoms with van der Waals surface area (Å²) in [6.07, 6.45) is -3.55. The summed E-state index contributed by atoms with van der Waals surface area (Å²) in [6.45, 7) is 5.45. The van der Waals surface area contributed by atoms with Crippen molar-refractivity contribution in [2.75, 3.05) is 33.3 Å². The fraction of sp³-hybridized carbons (Fsp3) is 0.519. The van der Waals surface area contributed by atoms with Gasteiger partial charge in [-0.2, -0.15) is 30.6 Å². The van der Waals surface area contributed by atoms with E-state index in [2.05, 4.69) is 23.0 Å². The molecule has 2 aliphatic heterocycles. The van der Waals surface area contributed by atoms with Crippen LogP contribution in [0.2, 0.25) is 0 Å². The molecule has 246 valence electrons. The number of aromatic nitrogens is 1. The van der Waals surface area contributed by atoms with Crippen molar-refractivity contribution in [3.8, 4) is 0 Å². The molecule has 17 heteroatoms. The molecule has 0 radical (unpaired) electrons. The highest BCUT2D eigenvalue weighted by Crippen LogP contribution is 2.43. The van der Waals surface area contributed by atoms with Crippen LogP contribution in [0.3, 0.4) is 0 Å². The first-order chi connectivity index (χ1) is 20.3. The first-order valence-corrected chi connectivity index (χ1v) is 14.6. The predicted octanol–water partition coefficient (Wildman–Crippen LogP) is 4.35. The Hall–Kier alpha value is -3.28. The molecule has 0 amide bonds. The Bertz CT molecular complexity index is 1330. The zero-order chi connectivity index (χ0) is 33.3. The van der Waals surface area contributed by atoms with Crippen LogP contribution in [0.15, 0.2) is 53.7 Å². The van der Waals surface area contributed by atoms with E-state index in [0.29, 0.717) is 18.0 Å². The standard InChI is InChI=1S/C23H31N3O3S.2C2HF3O2/c1-19-6-3-4-8-22(19)30(27,28)26-12-9-23(10-13-26)14-21(29-18-23)17-25(2)16-20-7-5-11-24-15-20;2*3-2(4,5)1(6)7/h3-8,11,15,21H,9-10,12-14,16-18H2,1-2H3;2*(H,6,7). The van der Waals surface area contributed by atoms with Gasteiger partial charge in [0.1, 0.15) is 0 Å². The Morgan fingerprint density at radius 2 is 1.57 bits per heavy atom. The number of nitrogens with zero attached hydrogens (tertiary/aromatic N) is 3. The topological polar surface area (TPSA) is 137 Å². The number of aliphatic carboxylic acids is 2. The minimum absolute atomic E-state index is 0.109. The second-order valence-electron chi connectivity index (χ2n) is 10.5. The van der Waals surface area contributed by atoms with Crippen molar-refractivity contribution in [3.63, 3.8) is 0 Å². The molecule has 1 spiro atoms. The van der Waals surface area contributed by atoms with E-state index < -0.39 is 34.3 Å². The van der Waals surface area contributed by atoms with Gasteiger partial charge in [-0.25, -0.2) is 18.0 Å². The molecule has 44 heavy (non-hydrogen) atoms. The number of piperidine rings is 1. The lowest BCUT2D eigenvalue weighted by atomic mass is 9.77. The van der Waals surface area contributed by atoms with Crippen LogP contribution in [-0.2, 0) is 30.9 Å². The molecular formula is C27H33F6N3O7S. The molecule has 1 atom stereocenters. The molecule has 2 fully saturated rings. The van der Waals surface area contributed by atoms with Gasteiger partial charge in [-0.3, -0.25) is 9.88 Å². The molecule has 2 aliphatic rings. The van der Waals surface area contributed by atoms with Crippen LogP contribution in [0.4, 0.5) is 26.3 Å². The largest absolute Gasteiger partial charge is 0.490 e. The second kappa shape index (κ2) is 15.1. The van der Waals surface area contributed by atoms with E-state index in [-0.39, 0.29) is 11.5 Å². The van der Waals surface area contributed by atoms with E-state index in [9.17, 15) is 34.8 Å². The molecule has 1 aromatic carbocycles.